The minimum Gasteiger partial charge on any atom is -0.493 e. The molecule has 0 amide bonds. The predicted molar refractivity (Wildman–Crippen MR) is 72.0 cm³/mol. The molecule has 19 heavy (non-hydrogen) atoms. The van der Waals surface area contributed by atoms with Crippen LogP contribution in [0, 0.1) is 12.8 Å². The van der Waals surface area contributed by atoms with Crippen LogP contribution in [0.15, 0.2) is 18.2 Å². The van der Waals surface area contributed by atoms with E-state index in [0.717, 1.165) is 6.07 Å². The molecule has 0 spiro atoms. The van der Waals surface area contributed by atoms with Gasteiger partial charge < -0.3 is 17.7 Å². The van der Waals surface area contributed by atoms with Crippen LogP contribution in [0.1, 0.15) is 37.7 Å². The molecule has 1 aromatic carbocycles. The molecule has 106 valence electrons. The van der Waals surface area contributed by atoms with Crippen LogP contribution in [0.2, 0.25) is 0 Å². The predicted octanol–water partition coefficient (Wildman–Crippen LogP) is 4.01. The molecule has 0 saturated heterocycles. The van der Waals surface area contributed by atoms with Crippen LogP contribution >= 0.6 is 0 Å². The fourth-order valence-electron chi connectivity index (χ4n) is 2.67. The molecule has 0 N–H and O–H groups in total. The highest BCUT2D eigenvalue weighted by Gasteiger charge is 2.27. The van der Waals surface area contributed by atoms with Crippen molar-refractivity contribution in [2.45, 2.75) is 39.0 Å². The number of halogens is 3. The standard InChI is InChI=1S/C14H19BF3O/c1-11-9-13(7-8-14(11)15(16,17)18)19-10-12-5-3-2-4-6-12/h7-9,12H,2-6,10H2,1H3/q-1. The molecule has 1 fully saturated rings. The highest BCUT2D eigenvalue weighted by Crippen LogP contribution is 2.25. The third-order valence-electron chi connectivity index (χ3n) is 3.80. The van der Waals surface area contributed by atoms with Gasteiger partial charge in [-0.05, 0) is 37.8 Å². The smallest absolute Gasteiger partial charge is 0.493 e. The van der Waals surface area contributed by atoms with Gasteiger partial charge in [0.05, 0.1) is 6.61 Å². The average molecular weight is 271 g/mol. The lowest BCUT2D eigenvalue weighted by Crippen LogP contribution is -2.35. The Kier molecular flexibility index (Phi) is 4.43. The van der Waals surface area contributed by atoms with Crippen molar-refractivity contribution in [3.05, 3.63) is 23.8 Å². The first kappa shape index (κ1) is 14.3. The summed E-state index contributed by atoms with van der Waals surface area (Å²) in [6.07, 6.45) is 6.11. The summed E-state index contributed by atoms with van der Waals surface area (Å²) in [5.41, 5.74) is -0.279. The number of benzene rings is 1. The molecule has 1 saturated carbocycles. The molecule has 1 nitrogen and oxygen atoms in total. The van der Waals surface area contributed by atoms with Crippen molar-refractivity contribution in [2.75, 3.05) is 6.61 Å². The summed E-state index contributed by atoms with van der Waals surface area (Å²) in [5, 5.41) is 0. The van der Waals surface area contributed by atoms with E-state index >= 15 is 0 Å². The molecule has 1 aromatic rings. The van der Waals surface area contributed by atoms with Crippen LogP contribution in [-0.4, -0.2) is 13.6 Å². The zero-order chi connectivity index (χ0) is 13.9. The summed E-state index contributed by atoms with van der Waals surface area (Å²) in [6, 6.07) is 4.05. The fourth-order valence-corrected chi connectivity index (χ4v) is 2.67. The second kappa shape index (κ2) is 5.89. The first-order valence-corrected chi connectivity index (χ1v) is 6.90. The Morgan fingerprint density at radius 3 is 2.42 bits per heavy atom. The van der Waals surface area contributed by atoms with Gasteiger partial charge in [0.15, 0.2) is 0 Å². The van der Waals surface area contributed by atoms with Gasteiger partial charge in [0.25, 0.3) is 0 Å². The second-order valence-corrected chi connectivity index (χ2v) is 5.41. The van der Waals surface area contributed by atoms with Gasteiger partial charge in [-0.3, -0.25) is 0 Å². The highest BCUT2D eigenvalue weighted by molar-refractivity contribution is 6.74. The van der Waals surface area contributed by atoms with Gasteiger partial charge in [-0.25, -0.2) is 0 Å². The topological polar surface area (TPSA) is 9.23 Å². The molecule has 0 atom stereocenters. The van der Waals surface area contributed by atoms with Crippen LogP contribution in [0.25, 0.3) is 0 Å². The molecular formula is C14H19BF3O-. The third-order valence-corrected chi connectivity index (χ3v) is 3.80. The zero-order valence-electron chi connectivity index (χ0n) is 11.2. The largest absolute Gasteiger partial charge is 0.509 e. The van der Waals surface area contributed by atoms with E-state index in [0.29, 0.717) is 18.3 Å². The Bertz CT molecular complexity index is 425. The van der Waals surface area contributed by atoms with Crippen LogP contribution in [-0.2, 0) is 0 Å². The molecule has 0 unspecified atom stereocenters. The van der Waals surface area contributed by atoms with Crippen LogP contribution < -0.4 is 10.2 Å². The SMILES string of the molecule is Cc1cc(OCC2CCCCC2)ccc1[B-](F)(F)F. The van der Waals surface area contributed by atoms with Crippen molar-refractivity contribution in [3.63, 3.8) is 0 Å². The molecule has 0 bridgehead atoms. The lowest BCUT2D eigenvalue weighted by molar-refractivity contribution is 0.209. The molecule has 1 aliphatic rings. The molecule has 0 radical (unpaired) electrons. The third kappa shape index (κ3) is 3.92. The van der Waals surface area contributed by atoms with Crippen molar-refractivity contribution < 1.29 is 17.7 Å². The van der Waals surface area contributed by atoms with Gasteiger partial charge >= 0.3 is 6.98 Å². The summed E-state index contributed by atoms with van der Waals surface area (Å²) in [6.45, 7) is -2.82. The Labute approximate surface area is 112 Å². The van der Waals surface area contributed by atoms with Crippen molar-refractivity contribution >= 4 is 12.4 Å². The van der Waals surface area contributed by atoms with E-state index in [2.05, 4.69) is 0 Å². The lowest BCUT2D eigenvalue weighted by atomic mass is 9.77. The van der Waals surface area contributed by atoms with Gasteiger partial charge in [-0.15, -0.1) is 5.46 Å². The van der Waals surface area contributed by atoms with Crippen molar-refractivity contribution in [1.82, 2.24) is 0 Å². The van der Waals surface area contributed by atoms with Gasteiger partial charge in [0.1, 0.15) is 5.75 Å². The fraction of sp³-hybridized carbons (Fsp3) is 0.571. The normalized spacial score (nSPS) is 17.5. The zero-order valence-corrected chi connectivity index (χ0v) is 11.2. The summed E-state index contributed by atoms with van der Waals surface area (Å²) in [4.78, 5) is 0. The first-order valence-electron chi connectivity index (χ1n) is 6.90. The van der Waals surface area contributed by atoms with E-state index in [1.165, 1.54) is 51.2 Å². The summed E-state index contributed by atoms with van der Waals surface area (Å²) >= 11 is 0. The van der Waals surface area contributed by atoms with Crippen molar-refractivity contribution in [2.24, 2.45) is 5.92 Å². The molecule has 0 aromatic heterocycles. The second-order valence-electron chi connectivity index (χ2n) is 5.41. The Balaban J connectivity index is 1.96. The van der Waals surface area contributed by atoms with Gasteiger partial charge in [-0.2, -0.15) is 0 Å². The minimum absolute atomic E-state index is 0.244. The summed E-state index contributed by atoms with van der Waals surface area (Å²) in [7, 11) is 0. The molecular weight excluding hydrogens is 252 g/mol. The molecule has 1 aliphatic carbocycles. The summed E-state index contributed by atoms with van der Waals surface area (Å²) in [5.74, 6) is 1.10. The number of rotatable bonds is 4. The quantitative estimate of drug-likeness (QED) is 0.752. The minimum atomic E-state index is -4.93. The van der Waals surface area contributed by atoms with E-state index in [4.69, 9.17) is 4.74 Å². The van der Waals surface area contributed by atoms with E-state index in [9.17, 15) is 12.9 Å². The molecule has 0 heterocycles. The maximum atomic E-state index is 12.7. The van der Waals surface area contributed by atoms with E-state index in [1.807, 2.05) is 0 Å². The molecule has 5 heteroatoms. The van der Waals surface area contributed by atoms with Crippen molar-refractivity contribution in [1.29, 1.82) is 0 Å². The van der Waals surface area contributed by atoms with Gasteiger partial charge in [-0.1, -0.05) is 30.9 Å². The maximum Gasteiger partial charge on any atom is 0.509 e. The van der Waals surface area contributed by atoms with E-state index < -0.39 is 12.4 Å². The van der Waals surface area contributed by atoms with Crippen molar-refractivity contribution in [3.8, 4) is 5.75 Å². The molecule has 0 aliphatic heterocycles. The Hall–Kier alpha value is -1.13. The summed E-state index contributed by atoms with van der Waals surface area (Å²) < 4.78 is 43.7. The number of ether oxygens (including phenoxy) is 1. The number of aryl methyl sites for hydroxylation is 1. The highest BCUT2D eigenvalue weighted by atomic mass is 19.4. The van der Waals surface area contributed by atoms with Gasteiger partial charge in [0.2, 0.25) is 0 Å². The maximum absolute atomic E-state index is 12.7. The van der Waals surface area contributed by atoms with E-state index in [1.54, 1.807) is 0 Å². The first-order chi connectivity index (χ1) is 8.97. The number of hydrogen-bond donors (Lipinski definition) is 0. The van der Waals surface area contributed by atoms with Crippen LogP contribution in [0.3, 0.4) is 0 Å². The Morgan fingerprint density at radius 2 is 1.84 bits per heavy atom. The van der Waals surface area contributed by atoms with Gasteiger partial charge in [0, 0.05) is 0 Å². The van der Waals surface area contributed by atoms with E-state index in [-0.39, 0.29) is 5.56 Å². The number of hydrogen-bond acceptors (Lipinski definition) is 1. The lowest BCUT2D eigenvalue weighted by Gasteiger charge is -2.22. The van der Waals surface area contributed by atoms with Crippen LogP contribution in [0.4, 0.5) is 12.9 Å². The Morgan fingerprint density at radius 1 is 1.16 bits per heavy atom. The van der Waals surface area contributed by atoms with Crippen LogP contribution in [0.5, 0.6) is 5.75 Å². The molecule has 2 rings (SSSR count). The average Bonchev–Trinajstić information content (AvgIpc) is 2.36. The monoisotopic (exact) mass is 271 g/mol.